The summed E-state index contributed by atoms with van der Waals surface area (Å²) in [7, 11) is 0. The van der Waals surface area contributed by atoms with Gasteiger partial charge in [0.25, 0.3) is 0 Å². The van der Waals surface area contributed by atoms with E-state index in [0.29, 0.717) is 40.8 Å². The van der Waals surface area contributed by atoms with Crippen LogP contribution in [0.3, 0.4) is 0 Å². The summed E-state index contributed by atoms with van der Waals surface area (Å²) in [4.78, 5) is 19.1. The Morgan fingerprint density at radius 1 is 0.479 bits per heavy atom. The number of benzene rings is 6. The Morgan fingerprint density at radius 2 is 0.901 bits per heavy atom. The maximum atomic E-state index is 6.55. The second-order valence-electron chi connectivity index (χ2n) is 19.0. The molecule has 0 radical (unpaired) electrons. The van der Waals surface area contributed by atoms with Crippen LogP contribution in [0.25, 0.3) is 72.5 Å². The minimum atomic E-state index is 0. The van der Waals surface area contributed by atoms with Gasteiger partial charge in [-0.1, -0.05) is 138 Å². The van der Waals surface area contributed by atoms with Gasteiger partial charge in [0.2, 0.25) is 5.95 Å². The molecule has 9 heteroatoms. The third-order valence-corrected chi connectivity index (χ3v) is 12.3. The van der Waals surface area contributed by atoms with Crippen LogP contribution in [0, 0.1) is 63.8 Å². The van der Waals surface area contributed by atoms with Gasteiger partial charge in [-0.25, -0.2) is 9.97 Å². The van der Waals surface area contributed by atoms with E-state index in [0.717, 1.165) is 102 Å². The third kappa shape index (κ3) is 11.3. The first-order valence-electron chi connectivity index (χ1n) is 23.7. The number of ether oxygens (including phenoxy) is 2. The molecular formula is C62H53N5O2Pd2. The first-order chi connectivity index (χ1) is 33.4. The standard InChI is InChI=1S/C62H53N5O2.2Pd/c1-38(2)24-44-10-14-46(15-11-44)56-36-65-58(30-42(56)7)48-26-40(5)28-52(32-48)68-50-18-20-54-55-21-19-51(35-61(55)67(60(54)34-50)62-63-22-9-23-64-62)69-53-29-41(6)27-49(33-53)59-31-43(8)57(37-66-59)47-16-12-45(13-17-47)25-39(3)4;;/h9-23,26-31,36-39H,24-25H2,1-8H3;;/q-4;2*+2. The van der Waals surface area contributed by atoms with Gasteiger partial charge in [-0.05, 0) is 89.4 Å². The molecule has 0 spiro atoms. The molecule has 0 amide bonds. The molecule has 0 aliphatic carbocycles. The van der Waals surface area contributed by atoms with Gasteiger partial charge in [0.05, 0.1) is 0 Å². The van der Waals surface area contributed by atoms with Crippen molar-refractivity contribution in [2.45, 2.75) is 68.2 Å². The van der Waals surface area contributed by atoms with Crippen LogP contribution in [-0.2, 0) is 53.7 Å². The molecule has 0 bridgehead atoms. The predicted molar refractivity (Wildman–Crippen MR) is 278 cm³/mol. The molecule has 7 nitrogen and oxygen atoms in total. The minimum Gasteiger partial charge on any atom is -0.503 e. The van der Waals surface area contributed by atoms with E-state index in [1.54, 1.807) is 18.5 Å². The van der Waals surface area contributed by atoms with Crippen LogP contribution >= 0.6 is 0 Å². The van der Waals surface area contributed by atoms with Gasteiger partial charge < -0.3 is 24.0 Å². The van der Waals surface area contributed by atoms with Gasteiger partial charge in [-0.2, -0.15) is 22.9 Å². The number of nitrogens with zero attached hydrogens (tertiary/aromatic N) is 5. The molecule has 0 aliphatic rings. The fourth-order valence-electron chi connectivity index (χ4n) is 9.13. The molecule has 0 atom stereocenters. The summed E-state index contributed by atoms with van der Waals surface area (Å²) in [5.41, 5.74) is 16.4. The minimum absolute atomic E-state index is 0. The molecule has 71 heavy (non-hydrogen) atoms. The Hall–Kier alpha value is -6.58. The monoisotopic (exact) mass is 1110 g/mol. The Balaban J connectivity index is 0.00000338. The molecule has 10 aromatic rings. The normalized spacial score (nSPS) is 11.2. The number of aryl methyl sites for hydroxylation is 4. The summed E-state index contributed by atoms with van der Waals surface area (Å²) in [5.74, 6) is 3.87. The van der Waals surface area contributed by atoms with Crippen LogP contribution in [-0.4, -0.2) is 24.5 Å². The number of fused-ring (bicyclic) bond motifs is 3. The molecule has 10 rings (SSSR count). The Bertz CT molecular complexity index is 3280. The molecule has 0 fully saturated rings. The summed E-state index contributed by atoms with van der Waals surface area (Å²) in [6.45, 7) is 17.4. The molecule has 4 heterocycles. The van der Waals surface area contributed by atoms with Crippen molar-refractivity contribution < 1.29 is 50.3 Å². The molecule has 0 unspecified atom stereocenters. The maximum Gasteiger partial charge on any atom is 2.00 e. The molecular weight excluding hydrogens is 1060 g/mol. The molecule has 0 N–H and O–H groups in total. The largest absolute Gasteiger partial charge is 2.00 e. The second-order valence-corrected chi connectivity index (χ2v) is 19.0. The summed E-state index contributed by atoms with van der Waals surface area (Å²) < 4.78 is 15.1. The van der Waals surface area contributed by atoms with Crippen molar-refractivity contribution in [2.24, 2.45) is 11.8 Å². The van der Waals surface area contributed by atoms with Gasteiger partial charge in [0, 0.05) is 58.9 Å². The topological polar surface area (TPSA) is 75.0 Å². The van der Waals surface area contributed by atoms with Gasteiger partial charge >= 0.3 is 40.8 Å². The summed E-state index contributed by atoms with van der Waals surface area (Å²) in [6.07, 6.45) is 9.50. The van der Waals surface area contributed by atoms with Crippen molar-refractivity contribution in [1.29, 1.82) is 0 Å². The van der Waals surface area contributed by atoms with Gasteiger partial charge in [0.15, 0.2) is 0 Å². The number of rotatable bonds is 13. The summed E-state index contributed by atoms with van der Waals surface area (Å²) in [6, 6.07) is 53.8. The van der Waals surface area contributed by atoms with Gasteiger partial charge in [0.1, 0.15) is 0 Å². The van der Waals surface area contributed by atoms with E-state index < -0.39 is 0 Å². The molecule has 4 aromatic heterocycles. The number of hydrogen-bond acceptors (Lipinski definition) is 6. The van der Waals surface area contributed by atoms with Crippen LogP contribution in [0.15, 0.2) is 140 Å². The zero-order valence-corrected chi connectivity index (χ0v) is 44.1. The first-order valence-corrected chi connectivity index (χ1v) is 23.7. The summed E-state index contributed by atoms with van der Waals surface area (Å²) in [5, 5.41) is 1.88. The van der Waals surface area contributed by atoms with E-state index in [9.17, 15) is 0 Å². The maximum absolute atomic E-state index is 6.55. The number of aromatic nitrogens is 5. The number of hydrogen-bond donors (Lipinski definition) is 0. The van der Waals surface area contributed by atoms with E-state index in [4.69, 9.17) is 19.4 Å². The van der Waals surface area contributed by atoms with E-state index in [2.05, 4.69) is 162 Å². The zero-order chi connectivity index (χ0) is 47.8. The van der Waals surface area contributed by atoms with E-state index in [1.807, 2.05) is 53.4 Å². The average molecular weight is 1110 g/mol. The average Bonchev–Trinajstić information content (AvgIpc) is 3.64. The van der Waals surface area contributed by atoms with Crippen LogP contribution in [0.2, 0.25) is 0 Å². The molecule has 0 saturated carbocycles. The Kier molecular flexibility index (Phi) is 15.6. The van der Waals surface area contributed by atoms with Crippen LogP contribution < -0.4 is 9.47 Å². The molecule has 358 valence electrons. The van der Waals surface area contributed by atoms with Crippen molar-refractivity contribution in [3.63, 3.8) is 0 Å². The van der Waals surface area contributed by atoms with Crippen LogP contribution in [0.5, 0.6) is 23.0 Å². The smallest absolute Gasteiger partial charge is 0.503 e. The van der Waals surface area contributed by atoms with Crippen molar-refractivity contribution in [1.82, 2.24) is 24.5 Å². The van der Waals surface area contributed by atoms with Crippen LogP contribution in [0.4, 0.5) is 0 Å². The van der Waals surface area contributed by atoms with Crippen molar-refractivity contribution >= 4 is 21.8 Å². The molecule has 6 aromatic carbocycles. The van der Waals surface area contributed by atoms with Crippen molar-refractivity contribution in [2.75, 3.05) is 0 Å². The zero-order valence-electron chi connectivity index (χ0n) is 41.0. The second kappa shape index (κ2) is 21.8. The fourth-order valence-corrected chi connectivity index (χ4v) is 9.13. The predicted octanol–water partition coefficient (Wildman–Crippen LogP) is 15.4. The third-order valence-electron chi connectivity index (χ3n) is 12.3. The van der Waals surface area contributed by atoms with Crippen LogP contribution in [0.1, 0.15) is 61.1 Å². The number of pyridine rings is 2. The quantitative estimate of drug-likeness (QED) is 0.0846. The Morgan fingerprint density at radius 3 is 1.30 bits per heavy atom. The van der Waals surface area contributed by atoms with E-state index in [1.165, 1.54) is 11.1 Å². The Labute approximate surface area is 445 Å². The molecule has 0 aliphatic heterocycles. The van der Waals surface area contributed by atoms with Gasteiger partial charge in [-0.3, -0.25) is 0 Å². The SMILES string of the molecule is Cc1cc(Oc2[c-]c3c(cc2)c2ccc(Oc4[c-]c(-c5cc(C)c(-c6ccc(CC(C)C)cc6)cn5)cc(C)c4)[c-]c2n3-c2ncccn2)[c-]c(-c2cc(C)c(-c3ccc(CC(C)C)cc3)cn2)c1.[Pd+2].[Pd+2]. The van der Waals surface area contributed by atoms with E-state index >= 15 is 0 Å². The summed E-state index contributed by atoms with van der Waals surface area (Å²) >= 11 is 0. The van der Waals surface area contributed by atoms with Crippen molar-refractivity contribution in [3.05, 3.63) is 198 Å². The van der Waals surface area contributed by atoms with Gasteiger partial charge in [-0.15, -0.1) is 58.7 Å². The van der Waals surface area contributed by atoms with E-state index in [-0.39, 0.29) is 40.8 Å². The fraction of sp³-hybridized carbons (Fsp3) is 0.194. The molecule has 0 saturated heterocycles. The van der Waals surface area contributed by atoms with Crippen molar-refractivity contribution in [3.8, 4) is 73.7 Å². The first kappa shape index (κ1) is 50.8.